The maximum absolute atomic E-state index is 13.0. The molecule has 1 saturated heterocycles. The quantitative estimate of drug-likeness (QED) is 0.881. The Morgan fingerprint density at radius 2 is 1.84 bits per heavy atom. The summed E-state index contributed by atoms with van der Waals surface area (Å²) in [5, 5.41) is 3.42. The molecule has 8 heteroatoms. The molecule has 1 aliphatic heterocycles. The molecule has 0 aliphatic carbocycles. The topological polar surface area (TPSA) is 48.5 Å². The van der Waals surface area contributed by atoms with Crippen molar-refractivity contribution in [2.45, 2.75) is 0 Å². The van der Waals surface area contributed by atoms with Gasteiger partial charge in [-0.2, -0.15) is 0 Å². The lowest BCUT2D eigenvalue weighted by molar-refractivity contribution is -0.117. The lowest BCUT2D eigenvalue weighted by atomic mass is 10.2. The Morgan fingerprint density at radius 1 is 1.16 bits per heavy atom. The standard InChI is InChI=1S/C17H17Cl2FN4O/c18-12-9-15(19)17(21-10-12)22-16(25)11-23-5-7-24(8-6-23)14-3-1-13(20)2-4-14/h1-4,9-10H,5-8,11H2,(H,21,22,25). The van der Waals surface area contributed by atoms with E-state index in [4.69, 9.17) is 23.2 Å². The minimum Gasteiger partial charge on any atom is -0.369 e. The molecule has 2 heterocycles. The second-order valence-electron chi connectivity index (χ2n) is 5.77. The van der Waals surface area contributed by atoms with Crippen LogP contribution in [0.5, 0.6) is 0 Å². The van der Waals surface area contributed by atoms with Gasteiger partial charge in [-0.15, -0.1) is 0 Å². The van der Waals surface area contributed by atoms with Gasteiger partial charge in [0, 0.05) is 38.1 Å². The minimum absolute atomic E-state index is 0.174. The highest BCUT2D eigenvalue weighted by atomic mass is 35.5. The number of carbonyl (C=O) groups excluding carboxylic acids is 1. The molecule has 132 valence electrons. The Morgan fingerprint density at radius 3 is 2.48 bits per heavy atom. The number of nitrogens with one attached hydrogen (secondary N) is 1. The number of amides is 1. The molecule has 0 atom stereocenters. The van der Waals surface area contributed by atoms with E-state index in [0.717, 1.165) is 31.9 Å². The smallest absolute Gasteiger partial charge is 0.239 e. The SMILES string of the molecule is O=C(CN1CCN(c2ccc(F)cc2)CC1)Nc1ncc(Cl)cc1Cl. The number of benzene rings is 1. The zero-order valence-electron chi connectivity index (χ0n) is 13.4. The molecule has 1 fully saturated rings. The molecule has 1 aromatic heterocycles. The van der Waals surface area contributed by atoms with Crippen molar-refractivity contribution in [1.29, 1.82) is 0 Å². The average molecular weight is 383 g/mol. The second-order valence-corrected chi connectivity index (χ2v) is 6.62. The van der Waals surface area contributed by atoms with E-state index in [-0.39, 0.29) is 18.3 Å². The molecule has 0 spiro atoms. The highest BCUT2D eigenvalue weighted by Gasteiger charge is 2.20. The summed E-state index contributed by atoms with van der Waals surface area (Å²) in [5.41, 5.74) is 0.989. The van der Waals surface area contributed by atoms with Gasteiger partial charge < -0.3 is 10.2 Å². The minimum atomic E-state index is -0.242. The Bertz CT molecular complexity index is 749. The molecule has 25 heavy (non-hydrogen) atoms. The summed E-state index contributed by atoms with van der Waals surface area (Å²) >= 11 is 11.8. The molecule has 3 rings (SSSR count). The summed E-state index contributed by atoms with van der Waals surface area (Å²) in [6.45, 7) is 3.30. The van der Waals surface area contributed by atoms with Crippen molar-refractivity contribution >= 4 is 40.6 Å². The Hall–Kier alpha value is -1.89. The molecule has 0 saturated carbocycles. The van der Waals surface area contributed by atoms with Crippen LogP contribution < -0.4 is 10.2 Å². The van der Waals surface area contributed by atoms with Crippen LogP contribution in [0.3, 0.4) is 0 Å². The summed E-state index contributed by atoms with van der Waals surface area (Å²) in [5.74, 6) is -0.110. The molecule has 1 N–H and O–H groups in total. The molecule has 0 unspecified atom stereocenters. The number of rotatable bonds is 4. The van der Waals surface area contributed by atoms with Crippen molar-refractivity contribution in [2.75, 3.05) is 42.9 Å². The maximum Gasteiger partial charge on any atom is 0.239 e. The van der Waals surface area contributed by atoms with Gasteiger partial charge in [-0.05, 0) is 30.3 Å². The monoisotopic (exact) mass is 382 g/mol. The van der Waals surface area contributed by atoms with Gasteiger partial charge in [0.25, 0.3) is 0 Å². The number of halogens is 3. The van der Waals surface area contributed by atoms with Crippen LogP contribution in [0, 0.1) is 5.82 Å². The molecule has 1 aromatic carbocycles. The third-order valence-electron chi connectivity index (χ3n) is 4.00. The van der Waals surface area contributed by atoms with Gasteiger partial charge in [0.1, 0.15) is 5.82 Å². The Kier molecular flexibility index (Phi) is 5.73. The summed E-state index contributed by atoms with van der Waals surface area (Å²) < 4.78 is 13.0. The van der Waals surface area contributed by atoms with E-state index < -0.39 is 0 Å². The van der Waals surface area contributed by atoms with Crippen molar-refractivity contribution < 1.29 is 9.18 Å². The van der Waals surface area contributed by atoms with Gasteiger partial charge in [0.15, 0.2) is 5.82 Å². The van der Waals surface area contributed by atoms with Gasteiger partial charge >= 0.3 is 0 Å². The molecule has 5 nitrogen and oxygen atoms in total. The van der Waals surface area contributed by atoms with Gasteiger partial charge in [0.2, 0.25) is 5.91 Å². The van der Waals surface area contributed by atoms with Gasteiger partial charge in [0.05, 0.1) is 16.6 Å². The van der Waals surface area contributed by atoms with Crippen LogP contribution in [0.4, 0.5) is 15.9 Å². The van der Waals surface area contributed by atoms with Crippen molar-refractivity contribution in [1.82, 2.24) is 9.88 Å². The highest BCUT2D eigenvalue weighted by molar-refractivity contribution is 6.36. The van der Waals surface area contributed by atoms with E-state index in [2.05, 4.69) is 20.1 Å². The van der Waals surface area contributed by atoms with Gasteiger partial charge in [-0.1, -0.05) is 23.2 Å². The van der Waals surface area contributed by atoms with E-state index >= 15 is 0 Å². The molecule has 0 radical (unpaired) electrons. The summed E-state index contributed by atoms with van der Waals surface area (Å²) in [7, 11) is 0. The summed E-state index contributed by atoms with van der Waals surface area (Å²) in [4.78, 5) is 20.4. The molecule has 1 aliphatic rings. The first-order valence-electron chi connectivity index (χ1n) is 7.85. The van der Waals surface area contributed by atoms with E-state index in [9.17, 15) is 9.18 Å². The number of anilines is 2. The van der Waals surface area contributed by atoms with E-state index in [1.54, 1.807) is 12.1 Å². The third-order valence-corrected chi connectivity index (χ3v) is 4.49. The van der Waals surface area contributed by atoms with Crippen LogP contribution >= 0.6 is 23.2 Å². The fraction of sp³-hybridized carbons (Fsp3) is 0.294. The van der Waals surface area contributed by atoms with Gasteiger partial charge in [-0.3, -0.25) is 9.69 Å². The van der Waals surface area contributed by atoms with Crippen LogP contribution in [0.2, 0.25) is 10.0 Å². The number of hydrogen-bond donors (Lipinski definition) is 1. The first-order chi connectivity index (χ1) is 12.0. The molecule has 0 bridgehead atoms. The summed E-state index contributed by atoms with van der Waals surface area (Å²) in [6, 6.07) is 7.99. The Balaban J connectivity index is 1.50. The third kappa shape index (κ3) is 4.81. The average Bonchev–Trinajstić information content (AvgIpc) is 2.59. The lowest BCUT2D eigenvalue weighted by Crippen LogP contribution is -2.48. The van der Waals surface area contributed by atoms with Crippen molar-refractivity contribution in [3.63, 3.8) is 0 Å². The van der Waals surface area contributed by atoms with E-state index in [1.807, 2.05) is 0 Å². The normalized spacial score (nSPS) is 15.2. The zero-order chi connectivity index (χ0) is 17.8. The molecule has 2 aromatic rings. The first-order valence-corrected chi connectivity index (χ1v) is 8.60. The Labute approximate surface area is 155 Å². The van der Waals surface area contributed by atoms with E-state index in [0.29, 0.717) is 15.9 Å². The predicted octanol–water partition coefficient (Wildman–Crippen LogP) is 3.29. The molecule has 1 amide bonds. The fourth-order valence-corrected chi connectivity index (χ4v) is 3.12. The van der Waals surface area contributed by atoms with Crippen LogP contribution in [-0.4, -0.2) is 48.5 Å². The number of hydrogen-bond acceptors (Lipinski definition) is 4. The van der Waals surface area contributed by atoms with Gasteiger partial charge in [-0.25, -0.2) is 9.37 Å². The van der Waals surface area contributed by atoms with Crippen LogP contribution in [-0.2, 0) is 4.79 Å². The summed E-state index contributed by atoms with van der Waals surface area (Å²) in [6.07, 6.45) is 1.44. The van der Waals surface area contributed by atoms with Crippen molar-refractivity contribution in [3.8, 4) is 0 Å². The van der Waals surface area contributed by atoms with Crippen LogP contribution in [0.15, 0.2) is 36.5 Å². The second kappa shape index (κ2) is 7.99. The van der Waals surface area contributed by atoms with Crippen molar-refractivity contribution in [2.24, 2.45) is 0 Å². The van der Waals surface area contributed by atoms with Crippen LogP contribution in [0.1, 0.15) is 0 Å². The highest BCUT2D eigenvalue weighted by Crippen LogP contribution is 2.22. The molecular formula is C17H17Cl2FN4O. The number of pyridine rings is 1. The fourth-order valence-electron chi connectivity index (χ4n) is 2.70. The number of carbonyl (C=O) groups is 1. The zero-order valence-corrected chi connectivity index (χ0v) is 14.9. The first kappa shape index (κ1) is 17.9. The molecular weight excluding hydrogens is 366 g/mol. The predicted molar refractivity (Wildman–Crippen MR) is 97.9 cm³/mol. The number of nitrogens with zero attached hydrogens (tertiary/aromatic N) is 3. The lowest BCUT2D eigenvalue weighted by Gasteiger charge is -2.35. The van der Waals surface area contributed by atoms with Crippen molar-refractivity contribution in [3.05, 3.63) is 52.4 Å². The number of aromatic nitrogens is 1. The van der Waals surface area contributed by atoms with Crippen LogP contribution in [0.25, 0.3) is 0 Å². The maximum atomic E-state index is 13.0. The largest absolute Gasteiger partial charge is 0.369 e. The van der Waals surface area contributed by atoms with E-state index in [1.165, 1.54) is 24.4 Å². The number of piperazine rings is 1.